The molecule has 1 aliphatic carbocycles. The normalized spacial score (nSPS) is 21.7. The van der Waals surface area contributed by atoms with Gasteiger partial charge in [0.2, 0.25) is 0 Å². The number of hydrogen-bond donors (Lipinski definition) is 1. The molecule has 3 nitrogen and oxygen atoms in total. The minimum absolute atomic E-state index is 0.212. The molecule has 1 heterocycles. The van der Waals surface area contributed by atoms with Gasteiger partial charge in [0, 0.05) is 6.07 Å². The summed E-state index contributed by atoms with van der Waals surface area (Å²) in [5.74, 6) is 0.852. The van der Waals surface area contributed by atoms with Gasteiger partial charge in [-0.2, -0.15) is 0 Å². The Labute approximate surface area is 78.3 Å². The highest BCUT2D eigenvalue weighted by Crippen LogP contribution is 2.34. The smallest absolute Gasteiger partial charge is 0.134 e. The van der Waals surface area contributed by atoms with Crippen molar-refractivity contribution in [3.63, 3.8) is 0 Å². The first-order valence-electron chi connectivity index (χ1n) is 4.93. The Morgan fingerprint density at radius 2 is 2.08 bits per heavy atom. The Hall–Kier alpha value is -0.830. The van der Waals surface area contributed by atoms with Gasteiger partial charge < -0.3 is 10.3 Å². The first-order chi connectivity index (χ1) is 6.21. The molecule has 0 unspecified atom stereocenters. The van der Waals surface area contributed by atoms with E-state index in [1.165, 1.54) is 19.3 Å². The molecule has 0 atom stereocenters. The molecular weight excluding hydrogens is 164 g/mol. The Morgan fingerprint density at radius 1 is 1.38 bits per heavy atom. The van der Waals surface area contributed by atoms with Crippen molar-refractivity contribution in [3.05, 3.63) is 17.5 Å². The van der Waals surface area contributed by atoms with Crippen LogP contribution in [-0.2, 0) is 5.54 Å². The largest absolute Gasteiger partial charge is 0.361 e. The fourth-order valence-electron chi connectivity index (χ4n) is 2.04. The molecule has 0 amide bonds. The standard InChI is InChI=1S/C10H16N2O/c1-8-7-9(12-13-8)10(11)5-3-2-4-6-10/h7H,2-6,11H2,1H3. The Bertz CT molecular complexity index is 287. The predicted molar refractivity (Wildman–Crippen MR) is 50.2 cm³/mol. The lowest BCUT2D eigenvalue weighted by Crippen LogP contribution is -2.38. The molecule has 1 aliphatic rings. The Kier molecular flexibility index (Phi) is 2.12. The molecule has 0 aromatic carbocycles. The quantitative estimate of drug-likeness (QED) is 0.720. The van der Waals surface area contributed by atoms with E-state index in [1.54, 1.807) is 0 Å². The van der Waals surface area contributed by atoms with Crippen LogP contribution < -0.4 is 5.73 Å². The number of nitrogens with two attached hydrogens (primary N) is 1. The zero-order chi connectivity index (χ0) is 9.31. The number of rotatable bonds is 1. The summed E-state index contributed by atoms with van der Waals surface area (Å²) < 4.78 is 5.05. The predicted octanol–water partition coefficient (Wildman–Crippen LogP) is 2.10. The van der Waals surface area contributed by atoms with E-state index in [-0.39, 0.29) is 5.54 Å². The molecule has 0 aliphatic heterocycles. The average Bonchev–Trinajstić information content (AvgIpc) is 2.54. The third-order valence-corrected chi connectivity index (χ3v) is 2.88. The molecule has 1 saturated carbocycles. The van der Waals surface area contributed by atoms with Gasteiger partial charge in [-0.25, -0.2) is 0 Å². The van der Waals surface area contributed by atoms with E-state index >= 15 is 0 Å². The van der Waals surface area contributed by atoms with Gasteiger partial charge in [0.05, 0.1) is 5.54 Å². The van der Waals surface area contributed by atoms with Crippen LogP contribution in [0.3, 0.4) is 0 Å². The van der Waals surface area contributed by atoms with Crippen molar-refractivity contribution in [1.82, 2.24) is 5.16 Å². The summed E-state index contributed by atoms with van der Waals surface area (Å²) in [5.41, 5.74) is 6.99. The topological polar surface area (TPSA) is 52.0 Å². The van der Waals surface area contributed by atoms with Crippen molar-refractivity contribution in [2.24, 2.45) is 5.73 Å². The van der Waals surface area contributed by atoms with Crippen LogP contribution in [0, 0.1) is 6.92 Å². The summed E-state index contributed by atoms with van der Waals surface area (Å²) in [5, 5.41) is 4.01. The molecule has 1 aromatic heterocycles. The van der Waals surface area contributed by atoms with Gasteiger partial charge in [-0.15, -0.1) is 0 Å². The molecule has 1 aromatic rings. The summed E-state index contributed by atoms with van der Waals surface area (Å²) in [6.45, 7) is 1.91. The average molecular weight is 180 g/mol. The molecule has 0 radical (unpaired) electrons. The van der Waals surface area contributed by atoms with Gasteiger partial charge in [0.15, 0.2) is 0 Å². The van der Waals surface area contributed by atoms with E-state index in [0.717, 1.165) is 24.3 Å². The van der Waals surface area contributed by atoms with Gasteiger partial charge in [0.1, 0.15) is 11.5 Å². The van der Waals surface area contributed by atoms with Crippen LogP contribution in [0.5, 0.6) is 0 Å². The highest BCUT2D eigenvalue weighted by molar-refractivity contribution is 5.15. The Balaban J connectivity index is 2.22. The molecule has 2 N–H and O–H groups in total. The van der Waals surface area contributed by atoms with Crippen LogP contribution in [0.1, 0.15) is 43.6 Å². The molecular formula is C10H16N2O. The number of nitrogens with zero attached hydrogens (tertiary/aromatic N) is 1. The second kappa shape index (κ2) is 3.14. The molecule has 3 heteroatoms. The third-order valence-electron chi connectivity index (χ3n) is 2.88. The summed E-state index contributed by atoms with van der Waals surface area (Å²) >= 11 is 0. The van der Waals surface area contributed by atoms with Gasteiger partial charge in [-0.1, -0.05) is 24.4 Å². The Morgan fingerprint density at radius 3 is 2.62 bits per heavy atom. The van der Waals surface area contributed by atoms with Gasteiger partial charge in [-0.05, 0) is 19.8 Å². The summed E-state index contributed by atoms with van der Waals surface area (Å²) in [6, 6.07) is 1.96. The molecule has 0 saturated heterocycles. The van der Waals surface area contributed by atoms with Crippen molar-refractivity contribution >= 4 is 0 Å². The molecule has 13 heavy (non-hydrogen) atoms. The van der Waals surface area contributed by atoms with Crippen LogP contribution in [0.25, 0.3) is 0 Å². The zero-order valence-electron chi connectivity index (χ0n) is 8.05. The van der Waals surface area contributed by atoms with Crippen molar-refractivity contribution in [1.29, 1.82) is 0 Å². The molecule has 0 spiro atoms. The highest BCUT2D eigenvalue weighted by atomic mass is 16.5. The second-order valence-corrected chi connectivity index (χ2v) is 4.04. The van der Waals surface area contributed by atoms with Gasteiger partial charge in [-0.3, -0.25) is 0 Å². The summed E-state index contributed by atoms with van der Waals surface area (Å²) in [4.78, 5) is 0. The van der Waals surface area contributed by atoms with E-state index < -0.39 is 0 Å². The zero-order valence-corrected chi connectivity index (χ0v) is 8.05. The molecule has 1 fully saturated rings. The lowest BCUT2D eigenvalue weighted by atomic mass is 9.80. The van der Waals surface area contributed by atoms with Gasteiger partial charge >= 0.3 is 0 Å². The van der Waals surface area contributed by atoms with E-state index in [0.29, 0.717) is 0 Å². The van der Waals surface area contributed by atoms with Crippen LogP contribution >= 0.6 is 0 Å². The molecule has 0 bridgehead atoms. The van der Waals surface area contributed by atoms with Crippen molar-refractivity contribution in [2.75, 3.05) is 0 Å². The van der Waals surface area contributed by atoms with E-state index in [4.69, 9.17) is 10.3 Å². The SMILES string of the molecule is Cc1cc(C2(N)CCCCC2)no1. The van der Waals surface area contributed by atoms with Crippen LogP contribution in [-0.4, -0.2) is 5.16 Å². The minimum Gasteiger partial charge on any atom is -0.361 e. The summed E-state index contributed by atoms with van der Waals surface area (Å²) in [6.07, 6.45) is 5.80. The maximum absolute atomic E-state index is 6.27. The van der Waals surface area contributed by atoms with Crippen molar-refractivity contribution in [3.8, 4) is 0 Å². The van der Waals surface area contributed by atoms with Crippen molar-refractivity contribution in [2.45, 2.75) is 44.6 Å². The first-order valence-corrected chi connectivity index (χ1v) is 4.93. The molecule has 72 valence electrons. The lowest BCUT2D eigenvalue weighted by Gasteiger charge is -2.30. The highest BCUT2D eigenvalue weighted by Gasteiger charge is 2.32. The number of hydrogen-bond acceptors (Lipinski definition) is 3. The van der Waals surface area contributed by atoms with Crippen LogP contribution in [0.4, 0.5) is 0 Å². The molecule has 2 rings (SSSR count). The third kappa shape index (κ3) is 1.61. The van der Waals surface area contributed by atoms with Crippen LogP contribution in [0.15, 0.2) is 10.6 Å². The van der Waals surface area contributed by atoms with E-state index in [9.17, 15) is 0 Å². The second-order valence-electron chi connectivity index (χ2n) is 4.04. The van der Waals surface area contributed by atoms with E-state index in [1.807, 2.05) is 13.0 Å². The fourth-order valence-corrected chi connectivity index (χ4v) is 2.04. The monoisotopic (exact) mass is 180 g/mol. The maximum atomic E-state index is 6.27. The lowest BCUT2D eigenvalue weighted by molar-refractivity contribution is 0.277. The van der Waals surface area contributed by atoms with E-state index in [2.05, 4.69) is 5.16 Å². The summed E-state index contributed by atoms with van der Waals surface area (Å²) in [7, 11) is 0. The van der Waals surface area contributed by atoms with Crippen LogP contribution in [0.2, 0.25) is 0 Å². The van der Waals surface area contributed by atoms with Crippen molar-refractivity contribution < 1.29 is 4.52 Å². The number of aromatic nitrogens is 1. The maximum Gasteiger partial charge on any atom is 0.134 e. The fraction of sp³-hybridized carbons (Fsp3) is 0.700. The minimum atomic E-state index is -0.212. The number of aryl methyl sites for hydroxylation is 1. The first kappa shape index (κ1) is 8.75. The van der Waals surface area contributed by atoms with Gasteiger partial charge in [0.25, 0.3) is 0 Å².